The molecule has 4 aromatic heterocycles. The van der Waals surface area contributed by atoms with Gasteiger partial charge in [-0.1, -0.05) is 60.7 Å². The Bertz CT molecular complexity index is 2770. The summed E-state index contributed by atoms with van der Waals surface area (Å²) in [5.74, 6) is 0.744. The predicted octanol–water partition coefficient (Wildman–Crippen LogP) is 10.1. The van der Waals surface area contributed by atoms with Crippen LogP contribution in [0.4, 0.5) is 0 Å². The number of oxazole rings is 1. The van der Waals surface area contributed by atoms with Crippen LogP contribution >= 0.6 is 0 Å². The maximum absolute atomic E-state index is 6.84. The first-order chi connectivity index (χ1) is 20.6. The lowest BCUT2D eigenvalue weighted by molar-refractivity contribution is -0.637. The predicted molar refractivity (Wildman–Crippen MR) is 167 cm³/mol. The van der Waals surface area contributed by atoms with Gasteiger partial charge in [-0.25, -0.2) is 0 Å². The van der Waals surface area contributed by atoms with Crippen LogP contribution in [0, 0.1) is 6.92 Å². The maximum atomic E-state index is 6.84. The van der Waals surface area contributed by atoms with E-state index in [9.17, 15) is 0 Å². The molecule has 0 fully saturated rings. The lowest BCUT2D eigenvalue weighted by atomic mass is 10.0. The van der Waals surface area contributed by atoms with Crippen molar-refractivity contribution >= 4 is 87.7 Å². The van der Waals surface area contributed by atoms with Crippen molar-refractivity contribution in [3.05, 3.63) is 103 Å². The Labute approximate surface area is 237 Å². The van der Waals surface area contributed by atoms with E-state index < -0.39 is 0 Å². The molecule has 0 aliphatic carbocycles. The number of para-hydroxylation sites is 1. The van der Waals surface area contributed by atoms with Crippen LogP contribution in [-0.2, 0) is 7.05 Å². The van der Waals surface area contributed by atoms with Crippen molar-refractivity contribution in [3.8, 4) is 11.5 Å². The number of hydrogen-bond acceptors (Lipinski definition) is 4. The first kappa shape index (κ1) is 22.2. The third-order valence-electron chi connectivity index (χ3n) is 8.89. The van der Waals surface area contributed by atoms with Crippen molar-refractivity contribution in [2.75, 3.05) is 0 Å². The number of aryl methyl sites for hydroxylation is 2. The van der Waals surface area contributed by atoms with E-state index in [1.54, 1.807) is 0 Å². The standard InChI is InChI=1S/C37H22NO4/c1-19-11-13-24-23-14-12-20-7-3-4-8-21(20)34(23)41-35(24)32(19)37-38(2)27-15-16-29-33(36(27)42-37)26-17-25-22-9-5-6-10-28(22)39-30(25)18-31(26)40-29/h3-18H,1-2H3/q+1. The summed E-state index contributed by atoms with van der Waals surface area (Å²) in [5.41, 5.74) is 8.75. The Morgan fingerprint density at radius 1 is 0.500 bits per heavy atom. The number of rotatable bonds is 1. The summed E-state index contributed by atoms with van der Waals surface area (Å²) < 4.78 is 28.1. The van der Waals surface area contributed by atoms with E-state index in [4.69, 9.17) is 17.7 Å². The van der Waals surface area contributed by atoms with Crippen molar-refractivity contribution < 1.29 is 22.2 Å². The molecule has 5 heteroatoms. The molecule has 4 heterocycles. The molecule has 0 atom stereocenters. The van der Waals surface area contributed by atoms with Crippen molar-refractivity contribution in [1.82, 2.24) is 0 Å². The fraction of sp³-hybridized carbons (Fsp3) is 0.0541. The summed E-state index contributed by atoms with van der Waals surface area (Å²) in [4.78, 5) is 0. The molecule has 0 unspecified atom stereocenters. The fourth-order valence-electron chi connectivity index (χ4n) is 6.84. The molecule has 0 spiro atoms. The molecular weight excluding hydrogens is 522 g/mol. The summed E-state index contributed by atoms with van der Waals surface area (Å²) in [7, 11) is 2.05. The normalized spacial score (nSPS) is 12.5. The van der Waals surface area contributed by atoms with E-state index in [2.05, 4.69) is 78.2 Å². The second-order valence-corrected chi connectivity index (χ2v) is 11.2. The summed E-state index contributed by atoms with van der Waals surface area (Å²) in [6, 6.07) is 33.3. The average molecular weight is 545 g/mol. The minimum absolute atomic E-state index is 0.744. The molecule has 6 aromatic carbocycles. The Morgan fingerprint density at radius 3 is 2.19 bits per heavy atom. The number of nitrogens with zero attached hydrogens (tertiary/aromatic N) is 1. The van der Waals surface area contributed by atoms with Gasteiger partial charge in [0.1, 0.15) is 40.5 Å². The Kier molecular flexibility index (Phi) is 4.01. The summed E-state index contributed by atoms with van der Waals surface area (Å²) >= 11 is 0. The Hall–Kier alpha value is -5.55. The summed E-state index contributed by atoms with van der Waals surface area (Å²) in [5, 5.41) is 8.54. The van der Waals surface area contributed by atoms with Crippen molar-refractivity contribution in [2.45, 2.75) is 6.92 Å². The SMILES string of the molecule is Cc1ccc2c(oc3c4ccccc4ccc23)c1-c1oc2c3c(ccc2[n+]1C)oc1cc2oc4ccccc4c2cc13. The van der Waals surface area contributed by atoms with E-state index in [-0.39, 0.29) is 0 Å². The molecule has 0 aliphatic rings. The third-order valence-corrected chi connectivity index (χ3v) is 8.89. The van der Waals surface area contributed by atoms with Crippen LogP contribution in [-0.4, -0.2) is 0 Å². The summed E-state index contributed by atoms with van der Waals surface area (Å²) in [6.07, 6.45) is 0. The average Bonchev–Trinajstić information content (AvgIpc) is 3.76. The lowest BCUT2D eigenvalue weighted by Crippen LogP contribution is -2.28. The molecule has 5 nitrogen and oxygen atoms in total. The van der Waals surface area contributed by atoms with Crippen molar-refractivity contribution in [3.63, 3.8) is 0 Å². The smallest absolute Gasteiger partial charge is 0.385 e. The lowest BCUT2D eigenvalue weighted by Gasteiger charge is -2.00. The van der Waals surface area contributed by atoms with Crippen LogP contribution in [0.15, 0.2) is 115 Å². The Balaban J connectivity index is 1.30. The molecule has 0 bridgehead atoms. The molecular formula is C37H22NO4+. The number of hydrogen-bond donors (Lipinski definition) is 0. The van der Waals surface area contributed by atoms with E-state index in [0.29, 0.717) is 0 Å². The maximum Gasteiger partial charge on any atom is 0.385 e. The number of aromatic nitrogens is 1. The topological polar surface area (TPSA) is 56.4 Å². The highest BCUT2D eigenvalue weighted by Crippen LogP contribution is 2.43. The minimum atomic E-state index is 0.744. The van der Waals surface area contributed by atoms with Gasteiger partial charge in [-0.15, -0.1) is 0 Å². The fourth-order valence-corrected chi connectivity index (χ4v) is 6.84. The zero-order valence-corrected chi connectivity index (χ0v) is 22.8. The molecule has 10 rings (SSSR count). The number of furan rings is 3. The molecule has 42 heavy (non-hydrogen) atoms. The van der Waals surface area contributed by atoms with Crippen molar-refractivity contribution in [1.29, 1.82) is 0 Å². The quantitative estimate of drug-likeness (QED) is 0.193. The van der Waals surface area contributed by atoms with Crippen LogP contribution in [0.1, 0.15) is 5.56 Å². The van der Waals surface area contributed by atoms with Crippen molar-refractivity contribution in [2.24, 2.45) is 7.05 Å². The van der Waals surface area contributed by atoms with Crippen LogP contribution in [0.5, 0.6) is 0 Å². The zero-order valence-electron chi connectivity index (χ0n) is 22.8. The second kappa shape index (κ2) is 7.59. The van der Waals surface area contributed by atoms with Crippen LogP contribution < -0.4 is 4.57 Å². The number of fused-ring (bicyclic) bond motifs is 13. The van der Waals surface area contributed by atoms with E-state index in [1.165, 1.54) is 0 Å². The molecule has 10 aromatic rings. The third kappa shape index (κ3) is 2.70. The van der Waals surface area contributed by atoms with Gasteiger partial charge in [0.05, 0.1) is 5.39 Å². The van der Waals surface area contributed by atoms with Crippen LogP contribution in [0.2, 0.25) is 0 Å². The van der Waals surface area contributed by atoms with Gasteiger partial charge in [-0.2, -0.15) is 4.57 Å². The monoisotopic (exact) mass is 544 g/mol. The first-order valence-corrected chi connectivity index (χ1v) is 14.1. The highest BCUT2D eigenvalue weighted by Gasteiger charge is 2.30. The molecule has 0 saturated heterocycles. The van der Waals surface area contributed by atoms with Gasteiger partial charge < -0.3 is 17.7 Å². The molecule has 0 N–H and O–H groups in total. The molecule has 198 valence electrons. The van der Waals surface area contributed by atoms with Gasteiger partial charge in [-0.3, -0.25) is 0 Å². The number of benzene rings is 6. The second-order valence-electron chi connectivity index (χ2n) is 11.2. The summed E-state index contributed by atoms with van der Waals surface area (Å²) in [6.45, 7) is 2.11. The largest absolute Gasteiger partial charge is 0.456 e. The van der Waals surface area contributed by atoms with Gasteiger partial charge in [-0.05, 0) is 42.1 Å². The van der Waals surface area contributed by atoms with E-state index >= 15 is 0 Å². The molecule has 0 radical (unpaired) electrons. The minimum Gasteiger partial charge on any atom is -0.456 e. The first-order valence-electron chi connectivity index (χ1n) is 14.1. The highest BCUT2D eigenvalue weighted by atomic mass is 16.4. The zero-order chi connectivity index (χ0) is 27.7. The van der Waals surface area contributed by atoms with Gasteiger partial charge >= 0.3 is 5.89 Å². The van der Waals surface area contributed by atoms with E-state index in [0.717, 1.165) is 105 Å². The molecule has 0 saturated carbocycles. The highest BCUT2D eigenvalue weighted by molar-refractivity contribution is 6.21. The van der Waals surface area contributed by atoms with Gasteiger partial charge in [0.2, 0.25) is 5.58 Å². The Morgan fingerprint density at radius 2 is 1.26 bits per heavy atom. The van der Waals surface area contributed by atoms with Gasteiger partial charge in [0.25, 0.3) is 5.52 Å². The van der Waals surface area contributed by atoms with E-state index in [1.807, 2.05) is 37.4 Å². The van der Waals surface area contributed by atoms with Gasteiger partial charge in [0, 0.05) is 44.5 Å². The van der Waals surface area contributed by atoms with Crippen LogP contribution in [0.3, 0.4) is 0 Å². The van der Waals surface area contributed by atoms with Crippen LogP contribution in [0.25, 0.3) is 99.1 Å². The van der Waals surface area contributed by atoms with Gasteiger partial charge in [0.15, 0.2) is 5.58 Å². The molecule has 0 aliphatic heterocycles. The molecule has 0 amide bonds.